The second kappa shape index (κ2) is 6.46. The summed E-state index contributed by atoms with van der Waals surface area (Å²) in [6.07, 6.45) is 3.23. The molecule has 15 heavy (non-hydrogen) atoms. The molecule has 1 saturated heterocycles. The van der Waals surface area contributed by atoms with Crippen LogP contribution in [0, 0.1) is 5.92 Å². The summed E-state index contributed by atoms with van der Waals surface area (Å²) in [4.78, 5) is 2.40. The third-order valence-corrected chi connectivity index (χ3v) is 3.53. The van der Waals surface area contributed by atoms with Crippen LogP contribution in [0.15, 0.2) is 0 Å². The van der Waals surface area contributed by atoms with Gasteiger partial charge in [-0.25, -0.2) is 0 Å². The van der Waals surface area contributed by atoms with Crippen molar-refractivity contribution in [1.29, 1.82) is 0 Å². The molecule has 0 aromatic heterocycles. The Hall–Kier alpha value is -0.120. The van der Waals surface area contributed by atoms with Gasteiger partial charge in [0.15, 0.2) is 0 Å². The van der Waals surface area contributed by atoms with E-state index in [1.807, 2.05) is 0 Å². The fourth-order valence-corrected chi connectivity index (χ4v) is 2.47. The smallest absolute Gasteiger partial charge is 0.0445 e. The molecule has 3 heteroatoms. The quantitative estimate of drug-likeness (QED) is 0.719. The minimum absolute atomic E-state index is 0.298. The lowest BCUT2D eigenvalue weighted by Gasteiger charge is -2.37. The second-order valence-electron chi connectivity index (χ2n) is 4.92. The minimum atomic E-state index is 0.298. The van der Waals surface area contributed by atoms with Crippen molar-refractivity contribution >= 4 is 0 Å². The van der Waals surface area contributed by atoms with Gasteiger partial charge in [0.25, 0.3) is 0 Å². The van der Waals surface area contributed by atoms with Crippen LogP contribution >= 0.6 is 0 Å². The van der Waals surface area contributed by atoms with Crippen LogP contribution in [0.4, 0.5) is 0 Å². The highest BCUT2D eigenvalue weighted by atomic mass is 16.3. The van der Waals surface area contributed by atoms with Crippen LogP contribution in [0.25, 0.3) is 0 Å². The van der Waals surface area contributed by atoms with Crippen molar-refractivity contribution in [3.8, 4) is 0 Å². The van der Waals surface area contributed by atoms with E-state index in [1.165, 1.54) is 19.5 Å². The van der Waals surface area contributed by atoms with E-state index in [0.717, 1.165) is 18.8 Å². The summed E-state index contributed by atoms with van der Waals surface area (Å²) in [5.74, 6) is 0.719. The van der Waals surface area contributed by atoms with Crippen LogP contribution in [-0.4, -0.2) is 48.8 Å². The zero-order valence-electron chi connectivity index (χ0n) is 10.4. The van der Waals surface area contributed by atoms with E-state index in [1.54, 1.807) is 0 Å². The molecule has 3 atom stereocenters. The molecule has 0 aromatic rings. The van der Waals surface area contributed by atoms with Crippen molar-refractivity contribution < 1.29 is 5.11 Å². The van der Waals surface area contributed by atoms with E-state index >= 15 is 0 Å². The fourth-order valence-electron chi connectivity index (χ4n) is 2.47. The number of nitrogens with one attached hydrogen (secondary N) is 1. The van der Waals surface area contributed by atoms with Crippen LogP contribution in [0.3, 0.4) is 0 Å². The monoisotopic (exact) mass is 214 g/mol. The van der Waals surface area contributed by atoms with Gasteiger partial charge in [-0.1, -0.05) is 13.8 Å². The zero-order valence-corrected chi connectivity index (χ0v) is 10.4. The number of aliphatic hydroxyl groups is 1. The van der Waals surface area contributed by atoms with Gasteiger partial charge in [-0.3, -0.25) is 0 Å². The van der Waals surface area contributed by atoms with Crippen LogP contribution in [0.2, 0.25) is 0 Å². The number of piperidine rings is 1. The first kappa shape index (κ1) is 12.9. The Kier molecular flexibility index (Phi) is 5.58. The normalized spacial score (nSPS) is 30.4. The van der Waals surface area contributed by atoms with Gasteiger partial charge in [0.1, 0.15) is 0 Å². The summed E-state index contributed by atoms with van der Waals surface area (Å²) >= 11 is 0. The number of aliphatic hydroxyl groups excluding tert-OH is 1. The molecule has 1 fully saturated rings. The standard InChI is InChI=1S/C12H26N2O/c1-4-11(6-8-15)13-12-5-7-14(3)9-10(12)2/h10-13,15H,4-9H2,1-3H3. The largest absolute Gasteiger partial charge is 0.396 e. The summed E-state index contributed by atoms with van der Waals surface area (Å²) < 4.78 is 0. The highest BCUT2D eigenvalue weighted by molar-refractivity contribution is 4.83. The van der Waals surface area contributed by atoms with Crippen molar-refractivity contribution in [2.45, 2.75) is 45.2 Å². The number of likely N-dealkylation sites (tertiary alicyclic amines) is 1. The Balaban J connectivity index is 2.35. The Morgan fingerprint density at radius 2 is 2.27 bits per heavy atom. The van der Waals surface area contributed by atoms with E-state index in [0.29, 0.717) is 18.7 Å². The Morgan fingerprint density at radius 3 is 2.80 bits per heavy atom. The van der Waals surface area contributed by atoms with Gasteiger partial charge in [-0.15, -0.1) is 0 Å². The summed E-state index contributed by atoms with van der Waals surface area (Å²) in [7, 11) is 2.19. The summed E-state index contributed by atoms with van der Waals surface area (Å²) in [5, 5.41) is 12.6. The van der Waals surface area contributed by atoms with E-state index in [4.69, 9.17) is 5.11 Å². The molecule has 0 amide bonds. The number of hydrogen-bond acceptors (Lipinski definition) is 3. The molecule has 90 valence electrons. The molecule has 0 aliphatic carbocycles. The maximum absolute atomic E-state index is 8.96. The molecule has 0 bridgehead atoms. The molecule has 3 nitrogen and oxygen atoms in total. The minimum Gasteiger partial charge on any atom is -0.396 e. The van der Waals surface area contributed by atoms with Crippen LogP contribution in [-0.2, 0) is 0 Å². The Bertz CT molecular complexity index is 175. The van der Waals surface area contributed by atoms with Gasteiger partial charge in [0, 0.05) is 25.2 Å². The maximum Gasteiger partial charge on any atom is 0.0445 e. The highest BCUT2D eigenvalue weighted by Gasteiger charge is 2.25. The van der Waals surface area contributed by atoms with Crippen LogP contribution in [0.5, 0.6) is 0 Å². The van der Waals surface area contributed by atoms with Gasteiger partial charge < -0.3 is 15.3 Å². The van der Waals surface area contributed by atoms with Crippen molar-refractivity contribution in [1.82, 2.24) is 10.2 Å². The third kappa shape index (κ3) is 4.09. The lowest BCUT2D eigenvalue weighted by atomic mass is 9.93. The van der Waals surface area contributed by atoms with Crippen molar-refractivity contribution in [2.75, 3.05) is 26.7 Å². The number of hydrogen-bond donors (Lipinski definition) is 2. The van der Waals surface area contributed by atoms with Gasteiger partial charge >= 0.3 is 0 Å². The average molecular weight is 214 g/mol. The summed E-state index contributed by atoms with van der Waals surface area (Å²) in [6.45, 7) is 7.18. The molecule has 1 rings (SSSR count). The molecule has 1 heterocycles. The molecule has 1 aliphatic rings. The van der Waals surface area contributed by atoms with Crippen LogP contribution in [0.1, 0.15) is 33.1 Å². The molecule has 0 aromatic carbocycles. The first-order valence-corrected chi connectivity index (χ1v) is 6.22. The Morgan fingerprint density at radius 1 is 1.53 bits per heavy atom. The predicted octanol–water partition coefficient (Wildman–Crippen LogP) is 1.08. The predicted molar refractivity (Wildman–Crippen MR) is 64.0 cm³/mol. The zero-order chi connectivity index (χ0) is 11.3. The lowest BCUT2D eigenvalue weighted by molar-refractivity contribution is 0.158. The van der Waals surface area contributed by atoms with E-state index in [-0.39, 0.29) is 0 Å². The molecule has 0 saturated carbocycles. The van der Waals surface area contributed by atoms with Gasteiger partial charge in [0.05, 0.1) is 0 Å². The fraction of sp³-hybridized carbons (Fsp3) is 1.00. The van der Waals surface area contributed by atoms with Gasteiger partial charge in [-0.2, -0.15) is 0 Å². The van der Waals surface area contributed by atoms with Crippen LogP contribution < -0.4 is 5.32 Å². The van der Waals surface area contributed by atoms with E-state index in [2.05, 4.69) is 31.1 Å². The van der Waals surface area contributed by atoms with E-state index < -0.39 is 0 Å². The van der Waals surface area contributed by atoms with Gasteiger partial charge in [-0.05, 0) is 38.8 Å². The average Bonchev–Trinajstić information content (AvgIpc) is 2.21. The van der Waals surface area contributed by atoms with Crippen molar-refractivity contribution in [3.63, 3.8) is 0 Å². The van der Waals surface area contributed by atoms with Gasteiger partial charge in [0.2, 0.25) is 0 Å². The van der Waals surface area contributed by atoms with E-state index in [9.17, 15) is 0 Å². The molecule has 0 radical (unpaired) electrons. The van der Waals surface area contributed by atoms with Crippen molar-refractivity contribution in [2.24, 2.45) is 5.92 Å². The molecule has 1 aliphatic heterocycles. The topological polar surface area (TPSA) is 35.5 Å². The molecule has 2 N–H and O–H groups in total. The first-order valence-electron chi connectivity index (χ1n) is 6.22. The molecular weight excluding hydrogens is 188 g/mol. The molecule has 3 unspecified atom stereocenters. The lowest BCUT2D eigenvalue weighted by Crippen LogP contribution is -2.50. The summed E-state index contributed by atoms with van der Waals surface area (Å²) in [5.41, 5.74) is 0. The highest BCUT2D eigenvalue weighted by Crippen LogP contribution is 2.16. The summed E-state index contributed by atoms with van der Waals surface area (Å²) in [6, 6.07) is 1.13. The maximum atomic E-state index is 8.96. The third-order valence-electron chi connectivity index (χ3n) is 3.53. The molecular formula is C12H26N2O. The Labute approximate surface area is 93.9 Å². The SMILES string of the molecule is CCC(CCO)NC1CCN(C)CC1C. The first-order chi connectivity index (χ1) is 7.17. The molecule has 0 spiro atoms. The number of rotatable bonds is 5. The number of nitrogens with zero attached hydrogens (tertiary/aromatic N) is 1. The van der Waals surface area contributed by atoms with Crippen molar-refractivity contribution in [3.05, 3.63) is 0 Å². The second-order valence-corrected chi connectivity index (χ2v) is 4.92.